The summed E-state index contributed by atoms with van der Waals surface area (Å²) in [6, 6.07) is 15.7. The molecule has 2 amide bonds. The predicted molar refractivity (Wildman–Crippen MR) is 220 cm³/mol. The van der Waals surface area contributed by atoms with Gasteiger partial charge in [0.25, 0.3) is 0 Å². The molecule has 2 aromatic rings. The molecule has 4 heterocycles. The third-order valence-electron chi connectivity index (χ3n) is 13.7. The molecular weight excluding hydrogens is 751 g/mol. The van der Waals surface area contributed by atoms with Gasteiger partial charge in [0, 0.05) is 39.3 Å². The second-order valence-electron chi connectivity index (χ2n) is 17.7. The van der Waals surface area contributed by atoms with Crippen molar-refractivity contribution in [2.45, 2.75) is 158 Å². The maximum atomic E-state index is 15.6. The monoisotopic (exact) mass is 813 g/mol. The van der Waals surface area contributed by atoms with Gasteiger partial charge in [-0.1, -0.05) is 106 Å². The van der Waals surface area contributed by atoms with E-state index in [0.717, 1.165) is 74.5 Å². The molecule has 10 atom stereocenters. The Kier molecular flexibility index (Phi) is 12.9. The van der Waals surface area contributed by atoms with E-state index in [4.69, 9.17) is 23.8 Å². The van der Waals surface area contributed by atoms with Crippen molar-refractivity contribution in [1.82, 2.24) is 15.3 Å². The molecule has 4 aliphatic heterocycles. The Bertz CT molecular complexity index is 1800. The van der Waals surface area contributed by atoms with Crippen LogP contribution >= 0.6 is 0 Å². The van der Waals surface area contributed by atoms with Crippen molar-refractivity contribution < 1.29 is 43.3 Å². The van der Waals surface area contributed by atoms with E-state index in [9.17, 15) is 14.7 Å². The second kappa shape index (κ2) is 18.1. The molecule has 2 N–H and O–H groups in total. The molecule has 6 aliphatic rings. The number of aliphatic hydroxyl groups is 1. The molecule has 2 bridgehead atoms. The van der Waals surface area contributed by atoms with Crippen LogP contribution in [0.3, 0.4) is 0 Å². The van der Waals surface area contributed by atoms with Gasteiger partial charge in [-0.3, -0.25) is 19.2 Å². The van der Waals surface area contributed by atoms with E-state index in [-0.39, 0.29) is 38.4 Å². The summed E-state index contributed by atoms with van der Waals surface area (Å²) < 4.78 is 26.0. The highest BCUT2D eigenvalue weighted by Gasteiger charge is 2.76. The molecule has 2 aliphatic carbocycles. The molecule has 4 saturated heterocycles. The number of hydrogen-bond donors (Lipinski definition) is 2. The lowest BCUT2D eigenvalue weighted by molar-refractivity contribution is -0.225. The summed E-state index contributed by atoms with van der Waals surface area (Å²) in [6.45, 7) is 4.38. The van der Waals surface area contributed by atoms with Crippen molar-refractivity contribution in [2.24, 2.45) is 11.3 Å². The van der Waals surface area contributed by atoms with E-state index in [1.807, 2.05) is 42.5 Å². The van der Waals surface area contributed by atoms with Gasteiger partial charge >= 0.3 is 5.97 Å². The molecule has 2 aromatic carbocycles. The van der Waals surface area contributed by atoms with Crippen LogP contribution in [0.25, 0.3) is 6.08 Å². The third-order valence-corrected chi connectivity index (χ3v) is 13.7. The molecule has 12 heteroatoms. The Morgan fingerprint density at radius 1 is 0.932 bits per heavy atom. The number of amides is 2. The number of esters is 1. The Hall–Kier alpha value is -3.65. The van der Waals surface area contributed by atoms with Gasteiger partial charge in [-0.2, -0.15) is 5.06 Å². The summed E-state index contributed by atoms with van der Waals surface area (Å²) in [7, 11) is 1.63. The summed E-state index contributed by atoms with van der Waals surface area (Å²) in [5.74, 6) is -1.68. The number of allylic oxidation sites excluding steroid dienone is 1. The molecule has 8 rings (SSSR count). The Labute approximate surface area is 348 Å². The average molecular weight is 814 g/mol. The number of hydrogen-bond acceptors (Lipinski definition) is 10. The molecule has 5 unspecified atom stereocenters. The first-order valence-corrected chi connectivity index (χ1v) is 22.3. The second-order valence-corrected chi connectivity index (χ2v) is 17.7. The molecule has 0 spiro atoms. The number of unbranched alkanes of at least 4 members (excludes halogenated alkanes) is 4. The maximum absolute atomic E-state index is 15.6. The van der Waals surface area contributed by atoms with Crippen molar-refractivity contribution in [2.75, 3.05) is 20.2 Å². The minimum absolute atomic E-state index is 0.0475. The Morgan fingerprint density at radius 3 is 2.36 bits per heavy atom. The molecule has 6 fully saturated rings. The van der Waals surface area contributed by atoms with Crippen LogP contribution < -0.4 is 5.32 Å². The van der Waals surface area contributed by atoms with Gasteiger partial charge in [0.1, 0.15) is 35.9 Å². The molecule has 0 aromatic heterocycles. The first-order valence-electron chi connectivity index (χ1n) is 22.3. The van der Waals surface area contributed by atoms with Crippen LogP contribution in [0, 0.1) is 11.3 Å². The fourth-order valence-electron chi connectivity index (χ4n) is 10.5. The number of epoxide rings is 1. The topological polar surface area (TPSA) is 139 Å². The summed E-state index contributed by atoms with van der Waals surface area (Å²) in [4.78, 5) is 52.3. The normalized spacial score (nSPS) is 32.0. The molecule has 2 saturated carbocycles. The average Bonchev–Trinajstić information content (AvgIpc) is 3.80. The number of aliphatic hydroxyl groups excluding tert-OH is 1. The molecular formula is C47H63N3O9. The van der Waals surface area contributed by atoms with Crippen LogP contribution in [0.2, 0.25) is 0 Å². The zero-order valence-corrected chi connectivity index (χ0v) is 35.0. The third kappa shape index (κ3) is 8.63. The number of nitrogens with one attached hydrogen (secondary N) is 1. The zero-order valence-electron chi connectivity index (χ0n) is 35.0. The molecule has 320 valence electrons. The number of fused-ring (bicyclic) bond motifs is 5. The highest BCUT2D eigenvalue weighted by molar-refractivity contribution is 5.96. The Morgan fingerprint density at radius 2 is 1.66 bits per heavy atom. The molecule has 12 nitrogen and oxygen atoms in total. The van der Waals surface area contributed by atoms with Crippen LogP contribution in [0.1, 0.15) is 108 Å². The lowest BCUT2D eigenvalue weighted by atomic mass is 9.62. The van der Waals surface area contributed by atoms with Crippen molar-refractivity contribution in [1.29, 1.82) is 0 Å². The van der Waals surface area contributed by atoms with E-state index in [1.54, 1.807) is 12.1 Å². The number of nitrogens with zero attached hydrogens (tertiary/aromatic N) is 2. The van der Waals surface area contributed by atoms with Crippen molar-refractivity contribution in [3.05, 3.63) is 77.4 Å². The molecule has 59 heavy (non-hydrogen) atoms. The summed E-state index contributed by atoms with van der Waals surface area (Å²) >= 11 is 0. The predicted octanol–water partition coefficient (Wildman–Crippen LogP) is 5.89. The van der Waals surface area contributed by atoms with Crippen LogP contribution in [-0.4, -0.2) is 108 Å². The van der Waals surface area contributed by atoms with Gasteiger partial charge in [-0.15, -0.1) is 0 Å². The SMILES string of the molecule is CCCCCC1(CCCCC)O[C@@H]2[C@H]3ON(Cc4ccc(C=CC5CCC6OC6C5)cc4)[C@H]4C(=O)OC(CC34C(=O)N(C)[C@H](Cc3ccccc3)C(=O)NCCO)[C@@H]2O1. The molecule has 0 radical (unpaired) electrons. The number of benzene rings is 2. The first-order chi connectivity index (χ1) is 28.7. The number of carbonyl (C=O) groups excluding carboxylic acids is 3. The van der Waals surface area contributed by atoms with Gasteiger partial charge in [0.2, 0.25) is 11.8 Å². The van der Waals surface area contributed by atoms with E-state index in [1.165, 1.54) is 4.90 Å². The van der Waals surface area contributed by atoms with Gasteiger partial charge in [-0.05, 0) is 54.7 Å². The fourth-order valence-corrected chi connectivity index (χ4v) is 10.5. The zero-order chi connectivity index (χ0) is 41.1. The minimum atomic E-state index is -1.43. The fraction of sp³-hybridized carbons (Fsp3) is 0.638. The number of hydroxylamine groups is 2. The van der Waals surface area contributed by atoms with Crippen LogP contribution in [0.4, 0.5) is 0 Å². The number of ether oxygens (including phenoxy) is 4. The number of likely N-dealkylation sites (N-methyl/N-ethyl adjacent to an activating group) is 1. The van der Waals surface area contributed by atoms with Crippen LogP contribution in [0.5, 0.6) is 0 Å². The van der Waals surface area contributed by atoms with Crippen molar-refractivity contribution in [3.63, 3.8) is 0 Å². The minimum Gasteiger partial charge on any atom is -0.458 e. The van der Waals surface area contributed by atoms with Gasteiger partial charge < -0.3 is 34.3 Å². The van der Waals surface area contributed by atoms with Gasteiger partial charge in [-0.25, -0.2) is 0 Å². The first kappa shape index (κ1) is 42.1. The largest absolute Gasteiger partial charge is 0.458 e. The number of rotatable bonds is 19. The lowest BCUT2D eigenvalue weighted by Gasteiger charge is -2.50. The van der Waals surface area contributed by atoms with Gasteiger partial charge in [0.15, 0.2) is 11.8 Å². The lowest BCUT2D eigenvalue weighted by Crippen LogP contribution is -2.70. The number of carbonyl (C=O) groups is 3. The smallest absolute Gasteiger partial charge is 0.327 e. The summed E-state index contributed by atoms with van der Waals surface area (Å²) in [6.07, 6.45) is 13.6. The van der Waals surface area contributed by atoms with Crippen molar-refractivity contribution >= 4 is 23.9 Å². The van der Waals surface area contributed by atoms with E-state index in [2.05, 4.69) is 43.4 Å². The van der Waals surface area contributed by atoms with E-state index < -0.39 is 59.6 Å². The Balaban J connectivity index is 1.11. The van der Waals surface area contributed by atoms with E-state index in [0.29, 0.717) is 31.0 Å². The highest BCUT2D eigenvalue weighted by atomic mass is 16.8. The maximum Gasteiger partial charge on any atom is 0.327 e. The van der Waals surface area contributed by atoms with Gasteiger partial charge in [0.05, 0.1) is 25.4 Å². The quantitative estimate of drug-likeness (QED) is 0.100. The summed E-state index contributed by atoms with van der Waals surface area (Å²) in [5, 5.41) is 14.0. The summed E-state index contributed by atoms with van der Waals surface area (Å²) in [5.41, 5.74) is 1.44. The van der Waals surface area contributed by atoms with Crippen LogP contribution in [0.15, 0.2) is 60.7 Å². The van der Waals surface area contributed by atoms with Crippen LogP contribution in [-0.2, 0) is 51.1 Å². The highest BCUT2D eigenvalue weighted by Crippen LogP contribution is 2.58. The van der Waals surface area contributed by atoms with Crippen molar-refractivity contribution in [3.8, 4) is 0 Å². The standard InChI is InChI=1S/C47H63N3O9/c1-4-6-11-23-46(24-12-7-5-2)57-39-38-29-47(45(54)49(3)35(43(52)48-25-26-51)27-32-13-9-8-10-14-32)41(44(53)56-38)50(59-42(47)40(39)58-46)30-34-19-16-31(17-20-34)15-18-33-21-22-36-37(28-33)55-36/h8-10,13-20,33,35-42,51H,4-7,11-12,21-30H2,1-3H3,(H,48,52)/t33?,35-,36?,37?,38?,39+,40+,41+,42-,47?/m1/s1. The van der Waals surface area contributed by atoms with E-state index >= 15 is 4.79 Å².